The molecule has 29 heavy (non-hydrogen) atoms. The minimum atomic E-state index is -4.49. The van der Waals surface area contributed by atoms with Crippen LogP contribution in [-0.4, -0.2) is 31.7 Å². The molecule has 1 amide bonds. The summed E-state index contributed by atoms with van der Waals surface area (Å²) in [5.41, 5.74) is 0.183. The number of benzene rings is 2. The molecule has 0 aliphatic carbocycles. The summed E-state index contributed by atoms with van der Waals surface area (Å²) in [6.07, 6.45) is -3.89. The first-order chi connectivity index (χ1) is 13.6. The number of anilines is 1. The fourth-order valence-electron chi connectivity index (χ4n) is 3.24. The van der Waals surface area contributed by atoms with Gasteiger partial charge < -0.3 is 5.32 Å². The third-order valence-electron chi connectivity index (χ3n) is 4.94. The summed E-state index contributed by atoms with van der Waals surface area (Å²) in [5, 5.41) is 2.51. The number of piperidine rings is 1. The summed E-state index contributed by atoms with van der Waals surface area (Å²) < 4.78 is 65.2. The van der Waals surface area contributed by atoms with Crippen LogP contribution in [0, 0.1) is 12.8 Å². The topological polar surface area (TPSA) is 66.5 Å². The fourth-order valence-corrected chi connectivity index (χ4v) is 4.70. The SMILES string of the molecule is Cc1ccc(S(=O)(=O)N2CCC(C(=O)Nc3cccc(C(F)(F)F)c3)CC2)cc1. The lowest BCUT2D eigenvalue weighted by Gasteiger charge is -2.30. The number of nitrogens with one attached hydrogen (secondary N) is 1. The van der Waals surface area contributed by atoms with Crippen molar-refractivity contribution < 1.29 is 26.4 Å². The molecule has 0 unspecified atom stereocenters. The van der Waals surface area contributed by atoms with E-state index in [1.54, 1.807) is 24.3 Å². The van der Waals surface area contributed by atoms with Gasteiger partial charge in [-0.1, -0.05) is 23.8 Å². The monoisotopic (exact) mass is 426 g/mol. The number of hydrogen-bond donors (Lipinski definition) is 1. The Hall–Kier alpha value is -2.39. The summed E-state index contributed by atoms with van der Waals surface area (Å²) in [6, 6.07) is 11.0. The molecule has 1 heterocycles. The normalized spacial score (nSPS) is 16.6. The van der Waals surface area contributed by atoms with Gasteiger partial charge in [-0.05, 0) is 50.1 Å². The third-order valence-corrected chi connectivity index (χ3v) is 6.85. The Morgan fingerprint density at radius 1 is 1.07 bits per heavy atom. The van der Waals surface area contributed by atoms with Crippen molar-refractivity contribution in [3.8, 4) is 0 Å². The van der Waals surface area contributed by atoms with E-state index in [-0.39, 0.29) is 23.7 Å². The minimum absolute atomic E-state index is 0.0690. The molecule has 1 saturated heterocycles. The van der Waals surface area contributed by atoms with E-state index in [9.17, 15) is 26.4 Å². The number of hydrogen-bond acceptors (Lipinski definition) is 3. The highest BCUT2D eigenvalue weighted by Crippen LogP contribution is 2.31. The van der Waals surface area contributed by atoms with Gasteiger partial charge in [0.2, 0.25) is 15.9 Å². The van der Waals surface area contributed by atoms with Gasteiger partial charge in [-0.15, -0.1) is 0 Å². The van der Waals surface area contributed by atoms with Gasteiger partial charge in [0.15, 0.2) is 0 Å². The van der Waals surface area contributed by atoms with Crippen LogP contribution in [0.25, 0.3) is 0 Å². The highest BCUT2D eigenvalue weighted by molar-refractivity contribution is 7.89. The number of alkyl halides is 3. The Kier molecular flexibility index (Phi) is 6.00. The number of carbonyl (C=O) groups excluding carboxylic acids is 1. The largest absolute Gasteiger partial charge is 0.416 e. The van der Waals surface area contributed by atoms with E-state index in [0.717, 1.165) is 17.7 Å². The Bertz CT molecular complexity index is 981. The zero-order valence-electron chi connectivity index (χ0n) is 15.7. The molecule has 0 aromatic heterocycles. The first kappa shape index (κ1) is 21.3. The number of halogens is 3. The number of sulfonamides is 1. The lowest BCUT2D eigenvalue weighted by molar-refractivity contribution is -0.137. The Morgan fingerprint density at radius 3 is 2.28 bits per heavy atom. The number of aryl methyl sites for hydroxylation is 1. The molecule has 1 N–H and O–H groups in total. The van der Waals surface area contributed by atoms with E-state index in [0.29, 0.717) is 12.8 Å². The number of rotatable bonds is 4. The Labute approximate surface area is 167 Å². The van der Waals surface area contributed by atoms with E-state index < -0.39 is 33.6 Å². The summed E-state index contributed by atoms with van der Waals surface area (Å²) in [4.78, 5) is 12.6. The summed E-state index contributed by atoms with van der Waals surface area (Å²) in [6.45, 7) is 2.22. The van der Waals surface area contributed by atoms with Crippen LogP contribution in [0.3, 0.4) is 0 Å². The molecular weight excluding hydrogens is 405 g/mol. The molecule has 1 fully saturated rings. The molecule has 3 rings (SSSR count). The fraction of sp³-hybridized carbons (Fsp3) is 0.350. The highest BCUT2D eigenvalue weighted by Gasteiger charge is 2.33. The van der Waals surface area contributed by atoms with Gasteiger partial charge >= 0.3 is 6.18 Å². The first-order valence-corrected chi connectivity index (χ1v) is 10.6. The molecule has 9 heteroatoms. The number of amides is 1. The maximum atomic E-state index is 12.8. The quantitative estimate of drug-likeness (QED) is 0.802. The Morgan fingerprint density at radius 2 is 1.69 bits per heavy atom. The minimum Gasteiger partial charge on any atom is -0.326 e. The van der Waals surface area contributed by atoms with Crippen LogP contribution in [0.1, 0.15) is 24.0 Å². The number of carbonyl (C=O) groups is 1. The van der Waals surface area contributed by atoms with Crippen LogP contribution < -0.4 is 5.32 Å². The molecule has 156 valence electrons. The molecule has 2 aromatic carbocycles. The van der Waals surface area contributed by atoms with Gasteiger partial charge in [-0.3, -0.25) is 4.79 Å². The van der Waals surface area contributed by atoms with Gasteiger partial charge in [0.25, 0.3) is 0 Å². The lowest BCUT2D eigenvalue weighted by Crippen LogP contribution is -2.41. The second-order valence-corrected chi connectivity index (χ2v) is 9.00. The molecule has 0 radical (unpaired) electrons. The van der Waals surface area contributed by atoms with Crippen LogP contribution in [0.2, 0.25) is 0 Å². The van der Waals surface area contributed by atoms with Gasteiger partial charge in [0.1, 0.15) is 0 Å². The molecule has 2 aromatic rings. The van der Waals surface area contributed by atoms with Crippen LogP contribution in [0.5, 0.6) is 0 Å². The van der Waals surface area contributed by atoms with Crippen molar-refractivity contribution >= 4 is 21.6 Å². The molecule has 5 nitrogen and oxygen atoms in total. The van der Waals surface area contributed by atoms with E-state index >= 15 is 0 Å². The summed E-state index contributed by atoms with van der Waals surface area (Å²) >= 11 is 0. The van der Waals surface area contributed by atoms with E-state index in [2.05, 4.69) is 5.32 Å². The van der Waals surface area contributed by atoms with Crippen molar-refractivity contribution in [3.63, 3.8) is 0 Å². The van der Waals surface area contributed by atoms with Crippen LogP contribution >= 0.6 is 0 Å². The molecule has 0 saturated carbocycles. The average Bonchev–Trinajstić information content (AvgIpc) is 2.68. The van der Waals surface area contributed by atoms with Gasteiger partial charge in [-0.25, -0.2) is 8.42 Å². The maximum Gasteiger partial charge on any atom is 0.416 e. The van der Waals surface area contributed by atoms with Crippen molar-refractivity contribution in [2.75, 3.05) is 18.4 Å². The predicted octanol–water partition coefficient (Wildman–Crippen LogP) is 4.05. The van der Waals surface area contributed by atoms with E-state index in [1.807, 2.05) is 6.92 Å². The maximum absolute atomic E-state index is 12.8. The average molecular weight is 426 g/mol. The van der Waals surface area contributed by atoms with Crippen molar-refractivity contribution in [1.29, 1.82) is 0 Å². The first-order valence-electron chi connectivity index (χ1n) is 9.12. The predicted molar refractivity (Wildman–Crippen MR) is 103 cm³/mol. The zero-order valence-corrected chi connectivity index (χ0v) is 16.6. The van der Waals surface area contributed by atoms with Crippen molar-refractivity contribution in [2.45, 2.75) is 30.8 Å². The van der Waals surface area contributed by atoms with E-state index in [4.69, 9.17) is 0 Å². The smallest absolute Gasteiger partial charge is 0.326 e. The third kappa shape index (κ3) is 4.97. The van der Waals surface area contributed by atoms with Crippen LogP contribution in [0.15, 0.2) is 53.4 Å². The highest BCUT2D eigenvalue weighted by atomic mass is 32.2. The molecular formula is C20H21F3N2O3S. The Balaban J connectivity index is 1.62. The lowest BCUT2D eigenvalue weighted by atomic mass is 9.97. The standard InChI is InChI=1S/C20H21F3N2O3S/c1-14-5-7-18(8-6-14)29(27,28)25-11-9-15(10-12-25)19(26)24-17-4-2-3-16(13-17)20(21,22)23/h2-8,13,15H,9-12H2,1H3,(H,24,26). The number of nitrogens with zero attached hydrogens (tertiary/aromatic N) is 1. The van der Waals surface area contributed by atoms with E-state index in [1.165, 1.54) is 16.4 Å². The second-order valence-electron chi connectivity index (χ2n) is 7.06. The van der Waals surface area contributed by atoms with Crippen LogP contribution in [-0.2, 0) is 21.0 Å². The van der Waals surface area contributed by atoms with Crippen molar-refractivity contribution in [2.24, 2.45) is 5.92 Å². The van der Waals surface area contributed by atoms with Gasteiger partial charge in [0.05, 0.1) is 10.5 Å². The molecule has 0 atom stereocenters. The van der Waals surface area contributed by atoms with Crippen molar-refractivity contribution in [1.82, 2.24) is 4.31 Å². The molecule has 1 aliphatic heterocycles. The van der Waals surface area contributed by atoms with Gasteiger partial charge in [0, 0.05) is 24.7 Å². The molecule has 1 aliphatic rings. The molecule has 0 spiro atoms. The van der Waals surface area contributed by atoms with Crippen LogP contribution in [0.4, 0.5) is 18.9 Å². The summed E-state index contributed by atoms with van der Waals surface area (Å²) in [5.74, 6) is -0.870. The zero-order chi connectivity index (χ0) is 21.2. The molecule has 0 bridgehead atoms. The summed E-state index contributed by atoms with van der Waals surface area (Å²) in [7, 11) is -3.63. The second kappa shape index (κ2) is 8.16. The van der Waals surface area contributed by atoms with Crippen molar-refractivity contribution in [3.05, 3.63) is 59.7 Å². The van der Waals surface area contributed by atoms with Gasteiger partial charge in [-0.2, -0.15) is 17.5 Å².